The molecule has 0 atom stereocenters. The molecule has 0 saturated carbocycles. The van der Waals surface area contributed by atoms with E-state index in [1.807, 2.05) is 7.05 Å². The molecule has 0 aliphatic carbocycles. The molecule has 0 unspecified atom stereocenters. The van der Waals surface area contributed by atoms with Crippen LogP contribution in [0.5, 0.6) is 0 Å². The molecule has 0 spiro atoms. The molecule has 0 radical (unpaired) electrons. The molecule has 0 bridgehead atoms. The van der Waals surface area contributed by atoms with E-state index in [4.69, 9.17) is 4.74 Å². The molecule has 0 fully saturated rings. The van der Waals surface area contributed by atoms with Gasteiger partial charge in [-0.2, -0.15) is 0 Å². The largest absolute Gasteiger partial charge is 0.381 e. The summed E-state index contributed by atoms with van der Waals surface area (Å²) in [6.07, 6.45) is 3.30. The van der Waals surface area contributed by atoms with Gasteiger partial charge in [0, 0.05) is 53.0 Å². The number of nitrogens with zero attached hydrogens (tertiary/aromatic N) is 2. The van der Waals surface area contributed by atoms with E-state index >= 15 is 0 Å². The summed E-state index contributed by atoms with van der Waals surface area (Å²) in [7, 11) is 1.83. The second-order valence-electron chi connectivity index (χ2n) is 7.40. The Morgan fingerprint density at radius 3 is 2.62 bits per heavy atom. The lowest BCUT2D eigenvalue weighted by Gasteiger charge is -2.28. The number of nitrogens with one attached hydrogen (secondary N) is 2. The molecule has 0 saturated heterocycles. The zero-order valence-corrected chi connectivity index (χ0v) is 16.8. The van der Waals surface area contributed by atoms with Crippen molar-refractivity contribution in [2.24, 2.45) is 10.9 Å². The SMILES string of the molecule is CN=C(NCCCOCC(C)C)NCCCN1CCc2ccccc2C1. The van der Waals surface area contributed by atoms with Crippen molar-refractivity contribution in [3.8, 4) is 0 Å². The fourth-order valence-corrected chi connectivity index (χ4v) is 3.18. The van der Waals surface area contributed by atoms with E-state index in [0.717, 1.165) is 58.2 Å². The number of benzene rings is 1. The Labute approximate surface area is 159 Å². The summed E-state index contributed by atoms with van der Waals surface area (Å²) in [5.41, 5.74) is 3.01. The van der Waals surface area contributed by atoms with Crippen LogP contribution in [0.25, 0.3) is 0 Å². The van der Waals surface area contributed by atoms with Crippen molar-refractivity contribution in [2.75, 3.05) is 46.4 Å². The fourth-order valence-electron chi connectivity index (χ4n) is 3.18. The summed E-state index contributed by atoms with van der Waals surface area (Å²) in [4.78, 5) is 6.84. The van der Waals surface area contributed by atoms with Gasteiger partial charge in [0.15, 0.2) is 5.96 Å². The van der Waals surface area contributed by atoms with Crippen LogP contribution < -0.4 is 10.6 Å². The van der Waals surface area contributed by atoms with Crippen LogP contribution in [-0.2, 0) is 17.7 Å². The van der Waals surface area contributed by atoms with Crippen LogP contribution in [0.2, 0.25) is 0 Å². The topological polar surface area (TPSA) is 48.9 Å². The van der Waals surface area contributed by atoms with Crippen molar-refractivity contribution in [1.82, 2.24) is 15.5 Å². The highest BCUT2D eigenvalue weighted by atomic mass is 16.5. The van der Waals surface area contributed by atoms with Gasteiger partial charge in [-0.1, -0.05) is 38.1 Å². The zero-order valence-electron chi connectivity index (χ0n) is 16.8. The minimum absolute atomic E-state index is 0.603. The molecule has 0 amide bonds. The third kappa shape index (κ3) is 7.75. The van der Waals surface area contributed by atoms with Gasteiger partial charge in [-0.25, -0.2) is 0 Å². The first-order valence-electron chi connectivity index (χ1n) is 10.0. The van der Waals surface area contributed by atoms with Gasteiger partial charge in [0.1, 0.15) is 0 Å². The van der Waals surface area contributed by atoms with E-state index in [9.17, 15) is 0 Å². The minimum Gasteiger partial charge on any atom is -0.381 e. The van der Waals surface area contributed by atoms with Crippen molar-refractivity contribution in [3.05, 3.63) is 35.4 Å². The molecular formula is C21H36N4O. The molecule has 2 N–H and O–H groups in total. The summed E-state index contributed by atoms with van der Waals surface area (Å²) in [5.74, 6) is 1.49. The van der Waals surface area contributed by atoms with Gasteiger partial charge in [-0.05, 0) is 36.3 Å². The van der Waals surface area contributed by atoms with E-state index in [0.29, 0.717) is 5.92 Å². The van der Waals surface area contributed by atoms with E-state index in [2.05, 4.69) is 58.6 Å². The maximum Gasteiger partial charge on any atom is 0.190 e. The standard InChI is InChI=1S/C21H36N4O/c1-18(2)17-26-15-7-12-24-21(22-3)23-11-6-13-25-14-10-19-8-4-5-9-20(19)16-25/h4-5,8-9,18H,6-7,10-17H2,1-3H3,(H2,22,23,24). The van der Waals surface area contributed by atoms with E-state index in [-0.39, 0.29) is 0 Å². The molecule has 5 nitrogen and oxygen atoms in total. The Hall–Kier alpha value is -1.59. The average Bonchev–Trinajstić information content (AvgIpc) is 2.65. The maximum atomic E-state index is 5.60. The van der Waals surface area contributed by atoms with Crippen molar-refractivity contribution in [1.29, 1.82) is 0 Å². The highest BCUT2D eigenvalue weighted by molar-refractivity contribution is 5.79. The van der Waals surface area contributed by atoms with E-state index in [1.54, 1.807) is 0 Å². The highest BCUT2D eigenvalue weighted by Gasteiger charge is 2.14. The minimum atomic E-state index is 0.603. The van der Waals surface area contributed by atoms with E-state index < -0.39 is 0 Å². The van der Waals surface area contributed by atoms with E-state index in [1.165, 1.54) is 24.1 Å². The summed E-state index contributed by atoms with van der Waals surface area (Å²) in [5, 5.41) is 6.76. The van der Waals surface area contributed by atoms with Gasteiger partial charge < -0.3 is 15.4 Å². The van der Waals surface area contributed by atoms with Crippen LogP contribution >= 0.6 is 0 Å². The molecule has 1 heterocycles. The van der Waals surface area contributed by atoms with Gasteiger partial charge in [0.05, 0.1) is 0 Å². The van der Waals surface area contributed by atoms with Gasteiger partial charge in [-0.15, -0.1) is 0 Å². The first-order valence-corrected chi connectivity index (χ1v) is 10.0. The number of fused-ring (bicyclic) bond motifs is 1. The smallest absolute Gasteiger partial charge is 0.190 e. The lowest BCUT2D eigenvalue weighted by atomic mass is 10.00. The second-order valence-corrected chi connectivity index (χ2v) is 7.40. The first-order chi connectivity index (χ1) is 12.7. The van der Waals surface area contributed by atoms with Crippen LogP contribution in [0.1, 0.15) is 37.8 Å². The quantitative estimate of drug-likeness (QED) is 0.383. The summed E-state index contributed by atoms with van der Waals surface area (Å²) in [6.45, 7) is 11.2. The normalized spacial score (nSPS) is 15.2. The van der Waals surface area contributed by atoms with Crippen molar-refractivity contribution < 1.29 is 4.74 Å². The van der Waals surface area contributed by atoms with Crippen molar-refractivity contribution in [2.45, 2.75) is 39.7 Å². The summed E-state index contributed by atoms with van der Waals surface area (Å²) in [6, 6.07) is 8.81. The predicted octanol–water partition coefficient (Wildman–Crippen LogP) is 2.66. The fraction of sp³-hybridized carbons (Fsp3) is 0.667. The molecule has 1 aromatic carbocycles. The number of hydrogen-bond acceptors (Lipinski definition) is 3. The van der Waals surface area contributed by atoms with Gasteiger partial charge in [0.25, 0.3) is 0 Å². The Kier molecular flexibility index (Phi) is 9.50. The maximum absolute atomic E-state index is 5.60. The second kappa shape index (κ2) is 11.9. The van der Waals surface area contributed by atoms with Crippen molar-refractivity contribution in [3.63, 3.8) is 0 Å². The molecule has 26 heavy (non-hydrogen) atoms. The van der Waals surface area contributed by atoms with Gasteiger partial charge >= 0.3 is 0 Å². The molecule has 1 aromatic rings. The molecular weight excluding hydrogens is 324 g/mol. The molecule has 5 heteroatoms. The van der Waals surface area contributed by atoms with Crippen molar-refractivity contribution >= 4 is 5.96 Å². The van der Waals surface area contributed by atoms with Crippen LogP contribution in [0.4, 0.5) is 0 Å². The van der Waals surface area contributed by atoms with Crippen LogP contribution in [0.15, 0.2) is 29.3 Å². The molecule has 0 aromatic heterocycles. The number of hydrogen-bond donors (Lipinski definition) is 2. The number of aliphatic imine (C=N–C) groups is 1. The highest BCUT2D eigenvalue weighted by Crippen LogP contribution is 2.18. The monoisotopic (exact) mass is 360 g/mol. The van der Waals surface area contributed by atoms with Gasteiger partial charge in [-0.3, -0.25) is 9.89 Å². The Morgan fingerprint density at radius 1 is 1.15 bits per heavy atom. The average molecular weight is 361 g/mol. The van der Waals surface area contributed by atoms with Crippen LogP contribution in [0.3, 0.4) is 0 Å². The lowest BCUT2D eigenvalue weighted by molar-refractivity contribution is 0.108. The molecule has 1 aliphatic rings. The third-order valence-corrected chi connectivity index (χ3v) is 4.59. The Balaban J connectivity index is 1.53. The lowest BCUT2D eigenvalue weighted by Crippen LogP contribution is -2.39. The summed E-state index contributed by atoms with van der Waals surface area (Å²) >= 11 is 0. The van der Waals surface area contributed by atoms with Crippen LogP contribution in [0, 0.1) is 5.92 Å². The molecule has 1 aliphatic heterocycles. The van der Waals surface area contributed by atoms with Gasteiger partial charge in [0.2, 0.25) is 0 Å². The first kappa shape index (κ1) is 20.7. The zero-order chi connectivity index (χ0) is 18.6. The molecule has 2 rings (SSSR count). The predicted molar refractivity (Wildman–Crippen MR) is 110 cm³/mol. The number of ether oxygens (including phenoxy) is 1. The Bertz CT molecular complexity index is 545. The molecule has 146 valence electrons. The van der Waals surface area contributed by atoms with Crippen LogP contribution in [-0.4, -0.2) is 57.3 Å². The third-order valence-electron chi connectivity index (χ3n) is 4.59. The number of guanidine groups is 1. The Morgan fingerprint density at radius 2 is 1.88 bits per heavy atom. The summed E-state index contributed by atoms with van der Waals surface area (Å²) < 4.78 is 5.60. The number of rotatable bonds is 10.